The molecule has 3 nitrogen and oxygen atoms in total. The second-order valence-corrected chi connectivity index (χ2v) is 4.21. The van der Waals surface area contributed by atoms with E-state index in [1.807, 2.05) is 39.8 Å². The van der Waals surface area contributed by atoms with E-state index in [2.05, 4.69) is 5.32 Å². The highest BCUT2D eigenvalue weighted by Crippen LogP contribution is 2.31. The van der Waals surface area contributed by atoms with Gasteiger partial charge in [0.2, 0.25) is 0 Å². The molecular weight excluding hydrogens is 202 g/mol. The number of rotatable bonds is 3. The van der Waals surface area contributed by atoms with Crippen LogP contribution in [0.25, 0.3) is 0 Å². The zero-order valence-electron chi connectivity index (χ0n) is 10.3. The summed E-state index contributed by atoms with van der Waals surface area (Å²) in [5, 5.41) is 12.8. The summed E-state index contributed by atoms with van der Waals surface area (Å²) in [5.41, 5.74) is 2.01. The highest BCUT2D eigenvalue weighted by atomic mass is 16.3. The van der Waals surface area contributed by atoms with Crippen molar-refractivity contribution >= 4 is 5.91 Å². The second-order valence-electron chi connectivity index (χ2n) is 4.21. The quantitative estimate of drug-likeness (QED) is 0.824. The van der Waals surface area contributed by atoms with E-state index in [1.54, 1.807) is 0 Å². The molecule has 0 aliphatic heterocycles. The first-order valence-corrected chi connectivity index (χ1v) is 5.59. The van der Waals surface area contributed by atoms with Crippen molar-refractivity contribution in [3.05, 3.63) is 28.8 Å². The monoisotopic (exact) mass is 221 g/mol. The standard InChI is InChI=1S/C13H19NO2/c1-5-14-13(16)11-9(4)6-7-10(8(2)3)12(11)15/h6-8,15H,5H2,1-4H3,(H,14,16). The van der Waals surface area contributed by atoms with Crippen molar-refractivity contribution in [2.24, 2.45) is 0 Å². The van der Waals surface area contributed by atoms with E-state index >= 15 is 0 Å². The van der Waals surface area contributed by atoms with Gasteiger partial charge in [0.05, 0.1) is 5.56 Å². The van der Waals surface area contributed by atoms with Gasteiger partial charge in [0, 0.05) is 6.54 Å². The molecule has 0 atom stereocenters. The zero-order chi connectivity index (χ0) is 12.3. The molecule has 0 saturated carbocycles. The summed E-state index contributed by atoms with van der Waals surface area (Å²) in [6.45, 7) is 8.23. The predicted molar refractivity (Wildman–Crippen MR) is 64.9 cm³/mol. The molecule has 1 aromatic carbocycles. The largest absolute Gasteiger partial charge is 0.507 e. The Morgan fingerprint density at radius 1 is 1.44 bits per heavy atom. The van der Waals surface area contributed by atoms with E-state index in [1.165, 1.54) is 0 Å². The average molecular weight is 221 g/mol. The lowest BCUT2D eigenvalue weighted by Gasteiger charge is -2.14. The summed E-state index contributed by atoms with van der Waals surface area (Å²) in [6.07, 6.45) is 0. The number of hydrogen-bond donors (Lipinski definition) is 2. The Morgan fingerprint density at radius 3 is 2.56 bits per heavy atom. The van der Waals surface area contributed by atoms with Gasteiger partial charge in [0.15, 0.2) is 0 Å². The maximum absolute atomic E-state index is 11.8. The molecule has 0 aromatic heterocycles. The summed E-state index contributed by atoms with van der Waals surface area (Å²) in [5.74, 6) is 0.106. The van der Waals surface area contributed by atoms with Crippen molar-refractivity contribution < 1.29 is 9.90 Å². The Kier molecular flexibility index (Phi) is 3.93. The topological polar surface area (TPSA) is 49.3 Å². The molecule has 0 spiro atoms. The van der Waals surface area contributed by atoms with Crippen LogP contribution in [0.4, 0.5) is 0 Å². The molecule has 16 heavy (non-hydrogen) atoms. The normalized spacial score (nSPS) is 10.6. The van der Waals surface area contributed by atoms with Crippen molar-refractivity contribution in [3.8, 4) is 5.75 Å². The molecule has 1 aromatic rings. The van der Waals surface area contributed by atoms with Crippen LogP contribution in [-0.2, 0) is 0 Å². The fourth-order valence-corrected chi connectivity index (χ4v) is 1.71. The SMILES string of the molecule is CCNC(=O)c1c(C)ccc(C(C)C)c1O. The molecule has 0 bridgehead atoms. The molecule has 0 radical (unpaired) electrons. The third-order valence-electron chi connectivity index (χ3n) is 2.60. The molecule has 0 heterocycles. The predicted octanol–water partition coefficient (Wildman–Crippen LogP) is 2.57. The fourth-order valence-electron chi connectivity index (χ4n) is 1.71. The average Bonchev–Trinajstić information content (AvgIpc) is 2.17. The number of carbonyl (C=O) groups is 1. The molecule has 3 heteroatoms. The number of benzene rings is 1. The van der Waals surface area contributed by atoms with E-state index < -0.39 is 0 Å². The van der Waals surface area contributed by atoms with Gasteiger partial charge in [-0.05, 0) is 30.9 Å². The number of amides is 1. The molecule has 0 aliphatic carbocycles. The van der Waals surface area contributed by atoms with Crippen LogP contribution in [0.2, 0.25) is 0 Å². The molecule has 0 unspecified atom stereocenters. The van der Waals surface area contributed by atoms with Gasteiger partial charge < -0.3 is 10.4 Å². The number of nitrogens with one attached hydrogen (secondary N) is 1. The molecule has 1 amide bonds. The first-order valence-electron chi connectivity index (χ1n) is 5.59. The van der Waals surface area contributed by atoms with Crippen molar-refractivity contribution in [3.63, 3.8) is 0 Å². The summed E-state index contributed by atoms with van der Waals surface area (Å²) in [6, 6.07) is 3.75. The van der Waals surface area contributed by atoms with Crippen LogP contribution in [0.1, 0.15) is 48.2 Å². The summed E-state index contributed by atoms with van der Waals surface area (Å²) < 4.78 is 0. The zero-order valence-corrected chi connectivity index (χ0v) is 10.3. The van der Waals surface area contributed by atoms with Crippen LogP contribution in [-0.4, -0.2) is 17.6 Å². The number of aryl methyl sites for hydroxylation is 1. The van der Waals surface area contributed by atoms with E-state index in [0.717, 1.165) is 11.1 Å². The van der Waals surface area contributed by atoms with Crippen molar-refractivity contribution in [1.29, 1.82) is 0 Å². The third kappa shape index (κ3) is 2.35. The lowest BCUT2D eigenvalue weighted by molar-refractivity contribution is 0.0952. The smallest absolute Gasteiger partial charge is 0.255 e. The van der Waals surface area contributed by atoms with Crippen molar-refractivity contribution in [1.82, 2.24) is 5.32 Å². The van der Waals surface area contributed by atoms with E-state index in [4.69, 9.17) is 0 Å². The first kappa shape index (κ1) is 12.6. The third-order valence-corrected chi connectivity index (χ3v) is 2.60. The first-order chi connectivity index (χ1) is 7.49. The number of phenolic OH excluding ortho intramolecular Hbond substituents is 1. The van der Waals surface area contributed by atoms with Crippen LogP contribution >= 0.6 is 0 Å². The van der Waals surface area contributed by atoms with Gasteiger partial charge in [-0.3, -0.25) is 4.79 Å². The maximum atomic E-state index is 11.8. The Bertz CT molecular complexity index is 397. The van der Waals surface area contributed by atoms with E-state index in [0.29, 0.717) is 12.1 Å². The van der Waals surface area contributed by atoms with Gasteiger partial charge in [-0.15, -0.1) is 0 Å². The lowest BCUT2D eigenvalue weighted by atomic mass is 9.95. The van der Waals surface area contributed by atoms with Gasteiger partial charge in [0.1, 0.15) is 5.75 Å². The van der Waals surface area contributed by atoms with Gasteiger partial charge >= 0.3 is 0 Å². The molecule has 0 fully saturated rings. The van der Waals surface area contributed by atoms with Gasteiger partial charge in [-0.25, -0.2) is 0 Å². The van der Waals surface area contributed by atoms with E-state index in [9.17, 15) is 9.90 Å². The van der Waals surface area contributed by atoms with Gasteiger partial charge in [-0.2, -0.15) is 0 Å². The van der Waals surface area contributed by atoms with Crippen LogP contribution in [0.3, 0.4) is 0 Å². The lowest BCUT2D eigenvalue weighted by Crippen LogP contribution is -2.24. The fraction of sp³-hybridized carbons (Fsp3) is 0.462. The Morgan fingerprint density at radius 2 is 2.06 bits per heavy atom. The minimum Gasteiger partial charge on any atom is -0.507 e. The van der Waals surface area contributed by atoms with Gasteiger partial charge in [0.25, 0.3) is 5.91 Å². The Hall–Kier alpha value is -1.51. The van der Waals surface area contributed by atoms with Crippen LogP contribution in [0.15, 0.2) is 12.1 Å². The van der Waals surface area contributed by atoms with Crippen LogP contribution in [0, 0.1) is 6.92 Å². The highest BCUT2D eigenvalue weighted by molar-refractivity contribution is 5.98. The van der Waals surface area contributed by atoms with Crippen LogP contribution in [0.5, 0.6) is 5.75 Å². The highest BCUT2D eigenvalue weighted by Gasteiger charge is 2.17. The van der Waals surface area contributed by atoms with Gasteiger partial charge in [-0.1, -0.05) is 26.0 Å². The summed E-state index contributed by atoms with van der Waals surface area (Å²) in [4.78, 5) is 11.8. The molecule has 88 valence electrons. The Balaban J connectivity index is 3.26. The number of carbonyl (C=O) groups excluding carboxylic acids is 1. The Labute approximate surface area is 96.5 Å². The van der Waals surface area contributed by atoms with Crippen molar-refractivity contribution in [2.75, 3.05) is 6.54 Å². The minimum absolute atomic E-state index is 0.112. The number of phenols is 1. The molecule has 2 N–H and O–H groups in total. The summed E-state index contributed by atoms with van der Waals surface area (Å²) >= 11 is 0. The van der Waals surface area contributed by atoms with E-state index in [-0.39, 0.29) is 17.6 Å². The molecule has 0 saturated heterocycles. The van der Waals surface area contributed by atoms with Crippen molar-refractivity contribution in [2.45, 2.75) is 33.6 Å². The maximum Gasteiger partial charge on any atom is 0.255 e. The second kappa shape index (κ2) is 5.01. The molecule has 0 aliphatic rings. The minimum atomic E-state index is -0.208. The molecule has 1 rings (SSSR count). The summed E-state index contributed by atoms with van der Waals surface area (Å²) in [7, 11) is 0. The number of hydrogen-bond acceptors (Lipinski definition) is 2. The molecular formula is C13H19NO2. The number of aromatic hydroxyl groups is 1. The van der Waals surface area contributed by atoms with Crippen LogP contribution < -0.4 is 5.32 Å².